The van der Waals surface area contributed by atoms with Crippen LogP contribution in [-0.4, -0.2) is 23.0 Å². The highest BCUT2D eigenvalue weighted by atomic mass is 79.9. The van der Waals surface area contributed by atoms with Crippen LogP contribution in [0.15, 0.2) is 71.5 Å². The van der Waals surface area contributed by atoms with Crippen LogP contribution in [0.4, 0.5) is 5.13 Å². The molecule has 0 radical (unpaired) electrons. The van der Waals surface area contributed by atoms with Crippen LogP contribution in [0.1, 0.15) is 15.9 Å². The van der Waals surface area contributed by atoms with Crippen molar-refractivity contribution in [2.45, 2.75) is 6.54 Å². The number of ether oxygens (including phenoxy) is 1. The fourth-order valence-electron chi connectivity index (χ4n) is 2.81. The number of pyridine rings is 1. The summed E-state index contributed by atoms with van der Waals surface area (Å²) in [6, 6.07) is 16.9. The van der Waals surface area contributed by atoms with Gasteiger partial charge in [0, 0.05) is 22.4 Å². The molecule has 0 saturated heterocycles. The van der Waals surface area contributed by atoms with Gasteiger partial charge in [-0.2, -0.15) is 0 Å². The summed E-state index contributed by atoms with van der Waals surface area (Å²) in [5, 5.41) is 0.636. The highest BCUT2D eigenvalue weighted by molar-refractivity contribution is 9.10. The second kappa shape index (κ2) is 8.08. The lowest BCUT2D eigenvalue weighted by molar-refractivity contribution is 0.0985. The van der Waals surface area contributed by atoms with E-state index in [9.17, 15) is 4.79 Å². The lowest BCUT2D eigenvalue weighted by Gasteiger charge is -2.20. The van der Waals surface area contributed by atoms with E-state index >= 15 is 0 Å². The molecule has 0 N–H and O–H groups in total. The number of methoxy groups -OCH3 is 1. The lowest BCUT2D eigenvalue weighted by Crippen LogP contribution is -2.30. The first-order valence-electron chi connectivity index (χ1n) is 8.55. The number of rotatable bonds is 5. The molecule has 0 aliphatic rings. The van der Waals surface area contributed by atoms with Crippen LogP contribution in [0.2, 0.25) is 0 Å². The van der Waals surface area contributed by atoms with Crippen molar-refractivity contribution in [1.82, 2.24) is 9.97 Å². The predicted octanol–water partition coefficient (Wildman–Crippen LogP) is 5.31. The number of fused-ring (bicyclic) bond motifs is 1. The van der Waals surface area contributed by atoms with Crippen molar-refractivity contribution in [1.29, 1.82) is 0 Å². The Morgan fingerprint density at radius 2 is 2.07 bits per heavy atom. The monoisotopic (exact) mass is 453 g/mol. The van der Waals surface area contributed by atoms with Crippen LogP contribution in [0.3, 0.4) is 0 Å². The summed E-state index contributed by atoms with van der Waals surface area (Å²) in [6.07, 6.45) is 3.48. The number of halogens is 1. The first-order chi connectivity index (χ1) is 13.6. The van der Waals surface area contributed by atoms with Gasteiger partial charge in [-0.1, -0.05) is 39.4 Å². The number of benzene rings is 2. The summed E-state index contributed by atoms with van der Waals surface area (Å²) < 4.78 is 7.12. The molecular formula is C21H16BrN3O2S. The molecule has 5 nitrogen and oxygen atoms in total. The van der Waals surface area contributed by atoms with Crippen LogP contribution in [0.25, 0.3) is 10.2 Å². The van der Waals surface area contributed by atoms with E-state index < -0.39 is 0 Å². The SMILES string of the molecule is COc1ccc2nc(N(Cc3cccnc3)C(=O)c3cccc(Br)c3)sc2c1. The lowest BCUT2D eigenvalue weighted by atomic mass is 10.2. The standard InChI is InChI=1S/C21H16BrN3O2S/c1-27-17-7-8-18-19(11-17)28-21(24-18)25(13-14-4-3-9-23-12-14)20(26)15-5-2-6-16(22)10-15/h2-12H,13H2,1H3. The molecule has 140 valence electrons. The number of anilines is 1. The Morgan fingerprint density at radius 3 is 2.82 bits per heavy atom. The van der Waals surface area contributed by atoms with Crippen molar-refractivity contribution >= 4 is 48.5 Å². The molecule has 0 aliphatic carbocycles. The van der Waals surface area contributed by atoms with E-state index in [1.807, 2.05) is 48.5 Å². The third-order valence-electron chi connectivity index (χ3n) is 4.20. The van der Waals surface area contributed by atoms with Gasteiger partial charge in [-0.25, -0.2) is 4.98 Å². The minimum Gasteiger partial charge on any atom is -0.497 e. The van der Waals surface area contributed by atoms with Crippen molar-refractivity contribution in [3.63, 3.8) is 0 Å². The number of thiazole rings is 1. The molecule has 4 rings (SSSR count). The topological polar surface area (TPSA) is 55.3 Å². The molecule has 0 atom stereocenters. The second-order valence-corrected chi connectivity index (χ2v) is 8.02. The summed E-state index contributed by atoms with van der Waals surface area (Å²) in [7, 11) is 1.63. The third-order valence-corrected chi connectivity index (χ3v) is 5.73. The van der Waals surface area contributed by atoms with Gasteiger partial charge in [0.1, 0.15) is 5.75 Å². The minimum absolute atomic E-state index is 0.115. The van der Waals surface area contributed by atoms with Crippen LogP contribution in [0.5, 0.6) is 5.75 Å². The first-order valence-corrected chi connectivity index (χ1v) is 10.2. The summed E-state index contributed by atoms with van der Waals surface area (Å²) in [4.78, 5) is 23.9. The van der Waals surface area contributed by atoms with Gasteiger partial charge in [-0.15, -0.1) is 0 Å². The maximum Gasteiger partial charge on any atom is 0.260 e. The molecular weight excluding hydrogens is 438 g/mol. The van der Waals surface area contributed by atoms with Gasteiger partial charge in [-0.3, -0.25) is 14.7 Å². The number of carbonyl (C=O) groups is 1. The smallest absolute Gasteiger partial charge is 0.260 e. The second-order valence-electron chi connectivity index (χ2n) is 6.09. The van der Waals surface area contributed by atoms with E-state index in [4.69, 9.17) is 4.74 Å². The van der Waals surface area contributed by atoms with Crippen molar-refractivity contribution in [2.24, 2.45) is 0 Å². The molecule has 0 saturated carbocycles. The average molecular weight is 454 g/mol. The Balaban J connectivity index is 1.77. The van der Waals surface area contributed by atoms with E-state index in [2.05, 4.69) is 25.9 Å². The third kappa shape index (κ3) is 3.90. The normalized spacial score (nSPS) is 10.8. The van der Waals surface area contributed by atoms with Gasteiger partial charge in [0.2, 0.25) is 0 Å². The Morgan fingerprint density at radius 1 is 1.18 bits per heavy atom. The molecule has 0 unspecified atom stereocenters. The molecule has 0 aliphatic heterocycles. The zero-order valence-corrected chi connectivity index (χ0v) is 17.4. The van der Waals surface area contributed by atoms with Crippen LogP contribution >= 0.6 is 27.3 Å². The highest BCUT2D eigenvalue weighted by Crippen LogP contribution is 2.33. The molecule has 2 aromatic heterocycles. The van der Waals surface area contributed by atoms with E-state index in [1.54, 1.807) is 30.5 Å². The zero-order chi connectivity index (χ0) is 19.5. The summed E-state index contributed by atoms with van der Waals surface area (Å²) in [5.74, 6) is 0.649. The number of hydrogen-bond acceptors (Lipinski definition) is 5. The fourth-order valence-corrected chi connectivity index (χ4v) is 4.20. The number of nitrogens with zero attached hydrogens (tertiary/aromatic N) is 3. The molecule has 0 fully saturated rings. The maximum atomic E-state index is 13.3. The largest absolute Gasteiger partial charge is 0.497 e. The molecule has 2 heterocycles. The molecule has 2 aromatic carbocycles. The number of carbonyl (C=O) groups excluding carboxylic acids is 1. The van der Waals surface area contributed by atoms with E-state index in [-0.39, 0.29) is 5.91 Å². The Hall–Kier alpha value is -2.77. The quantitative estimate of drug-likeness (QED) is 0.410. The van der Waals surface area contributed by atoms with Crippen molar-refractivity contribution < 1.29 is 9.53 Å². The predicted molar refractivity (Wildman–Crippen MR) is 115 cm³/mol. The van der Waals surface area contributed by atoms with E-state index in [0.717, 1.165) is 26.0 Å². The Bertz CT molecular complexity index is 1130. The van der Waals surface area contributed by atoms with Gasteiger partial charge in [-0.05, 0) is 48.0 Å². The molecule has 7 heteroatoms. The maximum absolute atomic E-state index is 13.3. The zero-order valence-electron chi connectivity index (χ0n) is 15.0. The number of aromatic nitrogens is 2. The summed E-state index contributed by atoms with van der Waals surface area (Å²) >= 11 is 4.90. The Kier molecular flexibility index (Phi) is 5.36. The number of amides is 1. The highest BCUT2D eigenvalue weighted by Gasteiger charge is 2.22. The van der Waals surface area contributed by atoms with E-state index in [0.29, 0.717) is 17.2 Å². The summed E-state index contributed by atoms with van der Waals surface area (Å²) in [5.41, 5.74) is 2.36. The molecule has 28 heavy (non-hydrogen) atoms. The van der Waals surface area contributed by atoms with Gasteiger partial charge in [0.05, 0.1) is 23.9 Å². The van der Waals surface area contributed by atoms with Crippen molar-refractivity contribution in [2.75, 3.05) is 12.0 Å². The van der Waals surface area contributed by atoms with Gasteiger partial charge in [0.15, 0.2) is 5.13 Å². The van der Waals surface area contributed by atoms with Gasteiger partial charge >= 0.3 is 0 Å². The van der Waals surface area contributed by atoms with E-state index in [1.165, 1.54) is 11.3 Å². The minimum atomic E-state index is -0.115. The Labute approximate surface area is 174 Å². The van der Waals surface area contributed by atoms with Crippen molar-refractivity contribution in [3.05, 3.63) is 82.6 Å². The first kappa shape index (κ1) is 18.6. The molecule has 0 spiro atoms. The molecule has 4 aromatic rings. The van der Waals surface area contributed by atoms with Crippen LogP contribution in [0, 0.1) is 0 Å². The van der Waals surface area contributed by atoms with Gasteiger partial charge < -0.3 is 4.74 Å². The average Bonchev–Trinajstić information content (AvgIpc) is 3.15. The summed E-state index contributed by atoms with van der Waals surface area (Å²) in [6.45, 7) is 0.385. The van der Waals surface area contributed by atoms with Crippen molar-refractivity contribution in [3.8, 4) is 5.75 Å². The number of hydrogen-bond donors (Lipinski definition) is 0. The molecule has 1 amide bonds. The van der Waals surface area contributed by atoms with Crippen LogP contribution in [-0.2, 0) is 6.54 Å². The molecule has 0 bridgehead atoms. The van der Waals surface area contributed by atoms with Crippen LogP contribution < -0.4 is 9.64 Å². The fraction of sp³-hybridized carbons (Fsp3) is 0.0952. The van der Waals surface area contributed by atoms with Gasteiger partial charge in [0.25, 0.3) is 5.91 Å².